The molecule has 1 aliphatic heterocycles. The molecule has 1 saturated carbocycles. The second-order valence-corrected chi connectivity index (χ2v) is 5.25. The number of fused-ring (bicyclic) bond motifs is 1. The van der Waals surface area contributed by atoms with Crippen LogP contribution in [0.15, 0.2) is 0 Å². The second kappa shape index (κ2) is 4.12. The van der Waals surface area contributed by atoms with Crippen molar-refractivity contribution in [1.29, 1.82) is 0 Å². The fourth-order valence-electron chi connectivity index (χ4n) is 2.17. The third-order valence-electron chi connectivity index (χ3n) is 2.74. The smallest absolute Gasteiger partial charge is 0.307 e. The van der Waals surface area contributed by atoms with Crippen LogP contribution >= 0.6 is 11.8 Å². The van der Waals surface area contributed by atoms with Crippen molar-refractivity contribution in [2.75, 3.05) is 0 Å². The molecule has 1 saturated heterocycles. The van der Waals surface area contributed by atoms with Crippen LogP contribution in [0.3, 0.4) is 0 Å². The molecule has 4 atom stereocenters. The van der Waals surface area contributed by atoms with Crippen LogP contribution < -0.4 is 11.1 Å². The average Bonchev–Trinajstić information content (AvgIpc) is 2.40. The van der Waals surface area contributed by atoms with Gasteiger partial charge in [-0.05, 0) is 19.3 Å². The Labute approximate surface area is 89.9 Å². The maximum atomic E-state index is 12.0. The summed E-state index contributed by atoms with van der Waals surface area (Å²) in [6, 6.07) is 0.248. The molecular formula is C8H13F3N2OS. The lowest BCUT2D eigenvalue weighted by Gasteiger charge is -2.30. The van der Waals surface area contributed by atoms with Crippen molar-refractivity contribution in [1.82, 2.24) is 5.32 Å². The van der Waals surface area contributed by atoms with Gasteiger partial charge in [0.1, 0.15) is 5.50 Å². The number of thioether (sulfide) groups is 1. The van der Waals surface area contributed by atoms with E-state index in [-0.39, 0.29) is 16.8 Å². The molecule has 2 aliphatic rings. The monoisotopic (exact) mass is 242 g/mol. The standard InChI is InChI=1S/C8H13F3N2OS/c9-8(10,11)14-4-1-2-5-6(3-4)15-7(12)13-5/h4-7,13H,1-3,12H2. The molecule has 0 aromatic rings. The molecule has 7 heteroatoms. The Kier molecular flexibility index (Phi) is 3.16. The van der Waals surface area contributed by atoms with Crippen LogP contribution in [-0.4, -0.2) is 29.3 Å². The summed E-state index contributed by atoms with van der Waals surface area (Å²) in [5, 5.41) is 3.30. The Morgan fingerprint density at radius 1 is 1.33 bits per heavy atom. The third kappa shape index (κ3) is 2.99. The Hall–Kier alpha value is 0.0200. The van der Waals surface area contributed by atoms with Gasteiger partial charge in [0.2, 0.25) is 0 Å². The minimum atomic E-state index is -4.52. The summed E-state index contributed by atoms with van der Waals surface area (Å²) < 4.78 is 40.0. The SMILES string of the molecule is NC1NC2CCC(OC(F)(F)F)CC2S1. The molecule has 0 aromatic heterocycles. The number of nitrogens with one attached hydrogen (secondary N) is 1. The number of alkyl halides is 3. The summed E-state index contributed by atoms with van der Waals surface area (Å²) in [4.78, 5) is 0. The van der Waals surface area contributed by atoms with E-state index in [0.717, 1.165) is 0 Å². The summed E-state index contributed by atoms with van der Waals surface area (Å²) in [6.07, 6.45) is -3.65. The van der Waals surface area contributed by atoms with E-state index in [1.807, 2.05) is 0 Å². The van der Waals surface area contributed by atoms with Crippen molar-refractivity contribution < 1.29 is 17.9 Å². The molecule has 0 amide bonds. The van der Waals surface area contributed by atoms with Gasteiger partial charge in [-0.3, -0.25) is 10.1 Å². The first-order valence-corrected chi connectivity index (χ1v) is 5.80. The van der Waals surface area contributed by atoms with Crippen LogP contribution in [0.5, 0.6) is 0 Å². The quantitative estimate of drug-likeness (QED) is 0.729. The normalized spacial score (nSPS) is 41.6. The lowest BCUT2D eigenvalue weighted by Crippen LogP contribution is -2.42. The van der Waals surface area contributed by atoms with Crippen molar-refractivity contribution in [2.45, 2.75) is 48.5 Å². The molecule has 3 N–H and O–H groups in total. The average molecular weight is 242 g/mol. The largest absolute Gasteiger partial charge is 0.522 e. The van der Waals surface area contributed by atoms with E-state index in [1.54, 1.807) is 0 Å². The van der Waals surface area contributed by atoms with Crippen molar-refractivity contribution in [3.05, 3.63) is 0 Å². The molecule has 0 aromatic carbocycles. The zero-order valence-electron chi connectivity index (χ0n) is 7.96. The molecule has 0 spiro atoms. The van der Waals surface area contributed by atoms with Crippen molar-refractivity contribution in [3.63, 3.8) is 0 Å². The van der Waals surface area contributed by atoms with E-state index in [1.165, 1.54) is 11.8 Å². The maximum Gasteiger partial charge on any atom is 0.522 e. The van der Waals surface area contributed by atoms with Crippen LogP contribution in [-0.2, 0) is 4.74 Å². The number of nitrogens with two attached hydrogens (primary N) is 1. The first kappa shape index (κ1) is 11.5. The van der Waals surface area contributed by atoms with E-state index in [2.05, 4.69) is 10.1 Å². The number of ether oxygens (including phenoxy) is 1. The highest BCUT2D eigenvalue weighted by molar-refractivity contribution is 8.00. The zero-order valence-corrected chi connectivity index (χ0v) is 8.77. The van der Waals surface area contributed by atoms with E-state index in [0.29, 0.717) is 19.3 Å². The molecular weight excluding hydrogens is 229 g/mol. The second-order valence-electron chi connectivity index (χ2n) is 3.87. The highest BCUT2D eigenvalue weighted by Gasteiger charge is 2.42. The summed E-state index contributed by atoms with van der Waals surface area (Å²) >= 11 is 1.50. The minimum Gasteiger partial charge on any atom is -0.307 e. The van der Waals surface area contributed by atoms with Gasteiger partial charge in [0.25, 0.3) is 0 Å². The predicted molar refractivity (Wildman–Crippen MR) is 51.1 cm³/mol. The molecule has 1 aliphatic carbocycles. The number of hydrogen-bond acceptors (Lipinski definition) is 4. The van der Waals surface area contributed by atoms with Crippen molar-refractivity contribution >= 4 is 11.8 Å². The summed E-state index contributed by atoms with van der Waals surface area (Å²) in [5.41, 5.74) is 5.51. The molecule has 88 valence electrons. The number of hydrogen-bond donors (Lipinski definition) is 2. The molecule has 4 unspecified atom stereocenters. The van der Waals surface area contributed by atoms with Gasteiger partial charge in [-0.25, -0.2) is 0 Å². The van der Waals surface area contributed by atoms with E-state index in [4.69, 9.17) is 5.73 Å². The van der Waals surface area contributed by atoms with E-state index < -0.39 is 12.5 Å². The molecule has 1 heterocycles. The molecule has 0 radical (unpaired) electrons. The van der Waals surface area contributed by atoms with Crippen LogP contribution in [0.4, 0.5) is 13.2 Å². The molecule has 15 heavy (non-hydrogen) atoms. The number of rotatable bonds is 1. The van der Waals surface area contributed by atoms with Crippen LogP contribution in [0.1, 0.15) is 19.3 Å². The van der Waals surface area contributed by atoms with Gasteiger partial charge in [0, 0.05) is 11.3 Å². The Morgan fingerprint density at radius 2 is 2.07 bits per heavy atom. The predicted octanol–water partition coefficient (Wildman–Crippen LogP) is 1.39. The zero-order chi connectivity index (χ0) is 11.1. The Morgan fingerprint density at radius 3 is 2.73 bits per heavy atom. The van der Waals surface area contributed by atoms with Gasteiger partial charge < -0.3 is 5.73 Å². The molecule has 2 rings (SSSR count). The fourth-order valence-corrected chi connectivity index (χ4v) is 3.53. The Bertz CT molecular complexity index is 238. The highest BCUT2D eigenvalue weighted by atomic mass is 32.2. The third-order valence-corrected chi connectivity index (χ3v) is 4.04. The lowest BCUT2D eigenvalue weighted by atomic mass is 9.92. The van der Waals surface area contributed by atoms with Crippen LogP contribution in [0, 0.1) is 0 Å². The summed E-state index contributed by atoms with van der Waals surface area (Å²) in [6.45, 7) is 0. The first-order valence-electron chi connectivity index (χ1n) is 4.86. The first-order chi connectivity index (χ1) is 6.94. The van der Waals surface area contributed by atoms with Crippen LogP contribution in [0.25, 0.3) is 0 Å². The number of halogens is 3. The minimum absolute atomic E-state index is 0.148. The topological polar surface area (TPSA) is 47.3 Å². The van der Waals surface area contributed by atoms with Gasteiger partial charge in [-0.15, -0.1) is 24.9 Å². The van der Waals surface area contributed by atoms with Crippen molar-refractivity contribution in [2.24, 2.45) is 5.73 Å². The van der Waals surface area contributed by atoms with Gasteiger partial charge in [-0.1, -0.05) is 0 Å². The van der Waals surface area contributed by atoms with Crippen molar-refractivity contribution in [3.8, 4) is 0 Å². The Balaban J connectivity index is 1.87. The van der Waals surface area contributed by atoms with Gasteiger partial charge in [0.15, 0.2) is 0 Å². The molecule has 0 bridgehead atoms. The summed E-state index contributed by atoms with van der Waals surface area (Å²) in [7, 11) is 0. The van der Waals surface area contributed by atoms with E-state index >= 15 is 0 Å². The van der Waals surface area contributed by atoms with Crippen LogP contribution in [0.2, 0.25) is 0 Å². The fraction of sp³-hybridized carbons (Fsp3) is 1.00. The van der Waals surface area contributed by atoms with E-state index in [9.17, 15) is 13.2 Å². The van der Waals surface area contributed by atoms with Gasteiger partial charge in [-0.2, -0.15) is 0 Å². The van der Waals surface area contributed by atoms with Gasteiger partial charge >= 0.3 is 6.36 Å². The van der Waals surface area contributed by atoms with Gasteiger partial charge in [0.05, 0.1) is 6.10 Å². The lowest BCUT2D eigenvalue weighted by molar-refractivity contribution is -0.345. The molecule has 3 nitrogen and oxygen atoms in total. The molecule has 2 fully saturated rings. The summed E-state index contributed by atoms with van der Waals surface area (Å²) in [5.74, 6) is 0. The maximum absolute atomic E-state index is 12.0. The highest BCUT2D eigenvalue weighted by Crippen LogP contribution is 2.37.